The second-order valence-electron chi connectivity index (χ2n) is 6.71. The van der Waals surface area contributed by atoms with Crippen LogP contribution in [0, 0.1) is 18.3 Å². The normalized spacial score (nSPS) is 21.6. The van der Waals surface area contributed by atoms with Crippen molar-refractivity contribution in [2.75, 3.05) is 36.5 Å². The topological polar surface area (TPSA) is 52.0 Å². The molecule has 1 saturated carbocycles. The lowest BCUT2D eigenvalue weighted by molar-refractivity contribution is 0.0706. The predicted molar refractivity (Wildman–Crippen MR) is 96.9 cm³/mol. The van der Waals surface area contributed by atoms with Crippen molar-refractivity contribution in [2.24, 2.45) is 0 Å². The largest absolute Gasteiger partial charge is 0.368 e. The minimum Gasteiger partial charge on any atom is -0.368 e. The van der Waals surface area contributed by atoms with Crippen molar-refractivity contribution >= 4 is 17.6 Å². The highest BCUT2D eigenvalue weighted by atomic mass is 32.2. The minimum absolute atomic E-state index is 0.276. The summed E-state index contributed by atoms with van der Waals surface area (Å²) in [7, 11) is 0. The van der Waals surface area contributed by atoms with Crippen molar-refractivity contribution in [1.29, 1.82) is 5.26 Å². The molecule has 0 aromatic carbocycles. The van der Waals surface area contributed by atoms with Crippen LogP contribution < -0.4 is 5.32 Å². The molecule has 5 heteroatoms. The lowest BCUT2D eigenvalue weighted by atomic mass is 9.80. The highest BCUT2D eigenvalue weighted by molar-refractivity contribution is 7.99. The molecule has 0 bridgehead atoms. The van der Waals surface area contributed by atoms with Crippen LogP contribution in [0.5, 0.6) is 0 Å². The molecule has 0 atom stereocenters. The molecule has 1 aromatic rings. The number of thioether (sulfide) groups is 1. The van der Waals surface area contributed by atoms with Gasteiger partial charge in [-0.25, -0.2) is 4.98 Å². The third kappa shape index (κ3) is 3.81. The fraction of sp³-hybridized carbons (Fsp3) is 0.667. The Bertz CT molecular complexity index is 569. The Morgan fingerprint density at radius 3 is 2.70 bits per heavy atom. The third-order valence-electron chi connectivity index (χ3n) is 5.27. The molecular weight excluding hydrogens is 304 g/mol. The summed E-state index contributed by atoms with van der Waals surface area (Å²) in [5, 5.41) is 12.7. The minimum atomic E-state index is 0.276. The van der Waals surface area contributed by atoms with Crippen LogP contribution in [-0.4, -0.2) is 46.6 Å². The molecule has 1 N–H and O–H groups in total. The van der Waals surface area contributed by atoms with Crippen LogP contribution in [0.15, 0.2) is 12.1 Å². The second-order valence-corrected chi connectivity index (χ2v) is 7.94. The monoisotopic (exact) mass is 330 g/mol. The fourth-order valence-corrected chi connectivity index (χ4v) is 4.75. The molecule has 0 spiro atoms. The van der Waals surface area contributed by atoms with E-state index >= 15 is 0 Å². The smallest absolute Gasteiger partial charge is 0.145 e. The van der Waals surface area contributed by atoms with E-state index in [1.165, 1.54) is 56.7 Å². The first-order valence-electron chi connectivity index (χ1n) is 8.68. The van der Waals surface area contributed by atoms with E-state index in [4.69, 9.17) is 5.26 Å². The Balaban J connectivity index is 1.72. The first-order chi connectivity index (χ1) is 11.2. The van der Waals surface area contributed by atoms with Crippen LogP contribution in [0.1, 0.15) is 43.4 Å². The molecule has 1 aromatic heterocycles. The summed E-state index contributed by atoms with van der Waals surface area (Å²) in [6.45, 7) is 5.29. The number of aromatic nitrogens is 1. The van der Waals surface area contributed by atoms with Gasteiger partial charge in [0.15, 0.2) is 0 Å². The molecule has 23 heavy (non-hydrogen) atoms. The van der Waals surface area contributed by atoms with Crippen molar-refractivity contribution < 1.29 is 0 Å². The van der Waals surface area contributed by atoms with Crippen LogP contribution in [0.3, 0.4) is 0 Å². The van der Waals surface area contributed by atoms with E-state index in [9.17, 15) is 0 Å². The van der Waals surface area contributed by atoms with Crippen molar-refractivity contribution in [3.63, 3.8) is 0 Å². The van der Waals surface area contributed by atoms with Gasteiger partial charge in [0, 0.05) is 36.7 Å². The molecule has 3 rings (SSSR count). The second kappa shape index (κ2) is 7.55. The summed E-state index contributed by atoms with van der Waals surface area (Å²) in [5.41, 5.74) is 1.75. The van der Waals surface area contributed by atoms with Gasteiger partial charge in [-0.05, 0) is 31.4 Å². The lowest BCUT2D eigenvalue weighted by Crippen LogP contribution is -2.57. The number of rotatable bonds is 4. The molecule has 1 aliphatic carbocycles. The third-order valence-corrected chi connectivity index (χ3v) is 6.21. The Morgan fingerprint density at radius 1 is 1.26 bits per heavy atom. The SMILES string of the molecule is Cc1ccc(NCC2(N3CCSCC3)CCCCC2)nc1C#N. The number of anilines is 1. The maximum absolute atomic E-state index is 9.16. The average molecular weight is 331 g/mol. The van der Waals surface area contributed by atoms with E-state index in [2.05, 4.69) is 33.0 Å². The van der Waals surface area contributed by atoms with Crippen LogP contribution in [-0.2, 0) is 0 Å². The summed E-state index contributed by atoms with van der Waals surface area (Å²) < 4.78 is 0. The summed E-state index contributed by atoms with van der Waals surface area (Å²) in [6, 6.07) is 6.17. The van der Waals surface area contributed by atoms with Crippen molar-refractivity contribution in [3.05, 3.63) is 23.4 Å². The predicted octanol–water partition coefficient (Wildman–Crippen LogP) is 3.43. The highest BCUT2D eigenvalue weighted by Crippen LogP contribution is 2.35. The molecule has 4 nitrogen and oxygen atoms in total. The van der Waals surface area contributed by atoms with Crippen molar-refractivity contribution in [3.8, 4) is 6.07 Å². The zero-order valence-corrected chi connectivity index (χ0v) is 14.8. The van der Waals surface area contributed by atoms with Gasteiger partial charge in [0.05, 0.1) is 0 Å². The molecule has 1 saturated heterocycles. The van der Waals surface area contributed by atoms with Crippen LogP contribution in [0.2, 0.25) is 0 Å². The maximum Gasteiger partial charge on any atom is 0.145 e. The van der Waals surface area contributed by atoms with Gasteiger partial charge in [-0.3, -0.25) is 4.90 Å². The number of hydrogen-bond acceptors (Lipinski definition) is 5. The van der Waals surface area contributed by atoms with Gasteiger partial charge in [-0.15, -0.1) is 0 Å². The van der Waals surface area contributed by atoms with Gasteiger partial charge in [-0.2, -0.15) is 17.0 Å². The summed E-state index contributed by atoms with van der Waals surface area (Å²) in [6.07, 6.45) is 6.58. The molecule has 0 unspecified atom stereocenters. The zero-order chi connectivity index (χ0) is 16.1. The molecule has 0 radical (unpaired) electrons. The Labute approximate surface area is 143 Å². The lowest BCUT2D eigenvalue weighted by Gasteiger charge is -2.48. The van der Waals surface area contributed by atoms with Crippen LogP contribution in [0.4, 0.5) is 5.82 Å². The Hall–Kier alpha value is -1.25. The molecule has 2 aliphatic rings. The van der Waals surface area contributed by atoms with E-state index in [0.29, 0.717) is 5.69 Å². The van der Waals surface area contributed by atoms with Gasteiger partial charge >= 0.3 is 0 Å². The molecular formula is C18H26N4S. The van der Waals surface area contributed by atoms with E-state index in [0.717, 1.165) is 17.9 Å². The molecule has 0 amide bonds. The fourth-order valence-electron chi connectivity index (χ4n) is 3.85. The number of pyridine rings is 1. The van der Waals surface area contributed by atoms with Crippen molar-refractivity contribution in [1.82, 2.24) is 9.88 Å². The maximum atomic E-state index is 9.16. The van der Waals surface area contributed by atoms with Crippen LogP contribution in [0.25, 0.3) is 0 Å². The van der Waals surface area contributed by atoms with E-state index < -0.39 is 0 Å². The Kier molecular flexibility index (Phi) is 5.45. The van der Waals surface area contributed by atoms with Gasteiger partial charge in [-0.1, -0.05) is 25.3 Å². The van der Waals surface area contributed by atoms with Gasteiger partial charge in [0.1, 0.15) is 17.6 Å². The molecule has 2 heterocycles. The molecule has 2 fully saturated rings. The quantitative estimate of drug-likeness (QED) is 0.916. The number of aryl methyl sites for hydroxylation is 1. The number of nitrogens with zero attached hydrogens (tertiary/aromatic N) is 3. The summed E-state index contributed by atoms with van der Waals surface area (Å²) in [4.78, 5) is 7.17. The zero-order valence-electron chi connectivity index (χ0n) is 14.0. The number of nitriles is 1. The summed E-state index contributed by atoms with van der Waals surface area (Å²) >= 11 is 2.07. The highest BCUT2D eigenvalue weighted by Gasteiger charge is 2.38. The van der Waals surface area contributed by atoms with E-state index in [-0.39, 0.29) is 5.54 Å². The van der Waals surface area contributed by atoms with Gasteiger partial charge < -0.3 is 5.32 Å². The summed E-state index contributed by atoms with van der Waals surface area (Å²) in [5.74, 6) is 3.34. The van der Waals surface area contributed by atoms with Crippen molar-refractivity contribution in [2.45, 2.75) is 44.6 Å². The first-order valence-corrected chi connectivity index (χ1v) is 9.83. The number of nitrogens with one attached hydrogen (secondary N) is 1. The average Bonchev–Trinajstić information content (AvgIpc) is 2.62. The first kappa shape index (κ1) is 16.6. The van der Waals surface area contributed by atoms with E-state index in [1.54, 1.807) is 0 Å². The van der Waals surface area contributed by atoms with Crippen LogP contribution >= 0.6 is 11.8 Å². The molecule has 124 valence electrons. The van der Waals surface area contributed by atoms with Gasteiger partial charge in [0.2, 0.25) is 0 Å². The Morgan fingerprint density at radius 2 is 2.00 bits per heavy atom. The number of hydrogen-bond donors (Lipinski definition) is 1. The molecule has 1 aliphatic heterocycles. The standard InChI is InChI=1S/C18H26N4S/c1-15-5-6-17(21-16(15)13-19)20-14-18(7-3-2-4-8-18)22-9-11-23-12-10-22/h5-6H,2-4,7-12,14H2,1H3,(H,20,21). The van der Waals surface area contributed by atoms with Gasteiger partial charge in [0.25, 0.3) is 0 Å². The van der Waals surface area contributed by atoms with E-state index in [1.807, 2.05) is 19.1 Å².